The number of primary amides is 1. The van der Waals surface area contributed by atoms with Gasteiger partial charge in [-0.25, -0.2) is 0 Å². The highest BCUT2D eigenvalue weighted by molar-refractivity contribution is 7.99. The Balaban J connectivity index is 1.58. The first kappa shape index (κ1) is 18.7. The fourth-order valence-corrected chi connectivity index (χ4v) is 3.17. The van der Waals surface area contributed by atoms with E-state index in [1.54, 1.807) is 30.6 Å². The third-order valence-electron chi connectivity index (χ3n) is 3.78. The third-order valence-corrected chi connectivity index (χ3v) is 4.72. The predicted molar refractivity (Wildman–Crippen MR) is 105 cm³/mol. The first-order valence-electron chi connectivity index (χ1n) is 8.28. The molecule has 3 rings (SSSR count). The van der Waals surface area contributed by atoms with E-state index in [1.165, 1.54) is 17.3 Å². The topological polar surface area (TPSA) is 103 Å². The summed E-state index contributed by atoms with van der Waals surface area (Å²) in [5.41, 5.74) is 8.75. The molecule has 0 aliphatic heterocycles. The Morgan fingerprint density at radius 2 is 1.81 bits per heavy atom. The molecule has 0 radical (unpaired) electrons. The summed E-state index contributed by atoms with van der Waals surface area (Å²) in [5.74, 6) is -0.338. The number of anilines is 1. The molecule has 1 heterocycles. The lowest BCUT2D eigenvalue weighted by Gasteiger charge is -2.08. The van der Waals surface area contributed by atoms with Crippen LogP contribution in [0.4, 0.5) is 5.69 Å². The van der Waals surface area contributed by atoms with Crippen LogP contribution in [0.5, 0.6) is 0 Å². The second-order valence-corrected chi connectivity index (χ2v) is 6.94. The molecule has 0 saturated carbocycles. The van der Waals surface area contributed by atoms with Crippen molar-refractivity contribution < 1.29 is 9.59 Å². The zero-order valence-electron chi connectivity index (χ0n) is 14.8. The molecule has 0 spiro atoms. The second-order valence-electron chi connectivity index (χ2n) is 6.00. The van der Waals surface area contributed by atoms with Gasteiger partial charge in [-0.05, 0) is 36.8 Å². The van der Waals surface area contributed by atoms with E-state index in [0.717, 1.165) is 11.3 Å². The molecule has 0 unspecified atom stereocenters. The lowest BCUT2D eigenvalue weighted by molar-refractivity contribution is -0.117. The Morgan fingerprint density at radius 1 is 1.11 bits per heavy atom. The van der Waals surface area contributed by atoms with Crippen molar-refractivity contribution in [1.82, 2.24) is 14.8 Å². The molecule has 2 amide bonds. The molecule has 0 saturated heterocycles. The number of rotatable bonds is 7. The van der Waals surface area contributed by atoms with E-state index < -0.39 is 0 Å². The van der Waals surface area contributed by atoms with E-state index in [2.05, 4.69) is 15.5 Å². The lowest BCUT2D eigenvalue weighted by atomic mass is 10.1. The molecule has 27 heavy (non-hydrogen) atoms. The average molecular weight is 381 g/mol. The van der Waals surface area contributed by atoms with Gasteiger partial charge in [0, 0.05) is 11.4 Å². The van der Waals surface area contributed by atoms with Gasteiger partial charge in [0.15, 0.2) is 5.16 Å². The summed E-state index contributed by atoms with van der Waals surface area (Å²) < 4.78 is 1.84. The highest BCUT2D eigenvalue weighted by Gasteiger charge is 2.10. The average Bonchev–Trinajstić information content (AvgIpc) is 3.10. The van der Waals surface area contributed by atoms with Crippen LogP contribution >= 0.6 is 11.8 Å². The highest BCUT2D eigenvalue weighted by atomic mass is 32.2. The van der Waals surface area contributed by atoms with Crippen LogP contribution in [-0.2, 0) is 16.0 Å². The Hall–Kier alpha value is -3.13. The standard InChI is InChI=1S/C19H19N5O2S/c1-13-2-8-16(9-3-13)24-12-21-23-19(24)27-11-18(26)22-15-6-4-14(5-7-15)10-17(20)25/h2-9,12H,10-11H2,1H3,(H2,20,25)(H,22,26). The number of carbonyl (C=O) groups is 2. The molecular formula is C19H19N5O2S. The van der Waals surface area contributed by atoms with Gasteiger partial charge in [0.25, 0.3) is 0 Å². The van der Waals surface area contributed by atoms with Gasteiger partial charge in [-0.2, -0.15) is 0 Å². The maximum Gasteiger partial charge on any atom is 0.234 e. The molecule has 0 atom stereocenters. The molecule has 8 heteroatoms. The fourth-order valence-electron chi connectivity index (χ4n) is 2.44. The van der Waals surface area contributed by atoms with Gasteiger partial charge in [0.1, 0.15) is 6.33 Å². The van der Waals surface area contributed by atoms with E-state index in [4.69, 9.17) is 5.73 Å². The Bertz CT molecular complexity index is 935. The first-order chi connectivity index (χ1) is 13.0. The second kappa shape index (κ2) is 8.50. The molecule has 0 aliphatic rings. The molecule has 2 aromatic carbocycles. The summed E-state index contributed by atoms with van der Waals surface area (Å²) >= 11 is 1.31. The van der Waals surface area contributed by atoms with Gasteiger partial charge in [-0.3, -0.25) is 14.2 Å². The minimum atomic E-state index is -0.388. The Kier molecular flexibility index (Phi) is 5.87. The number of hydrogen-bond donors (Lipinski definition) is 2. The number of benzene rings is 2. The maximum atomic E-state index is 12.2. The first-order valence-corrected chi connectivity index (χ1v) is 9.27. The summed E-state index contributed by atoms with van der Waals surface area (Å²) in [6.07, 6.45) is 1.81. The number of aryl methyl sites for hydroxylation is 1. The van der Waals surface area contributed by atoms with Crippen LogP contribution in [0.3, 0.4) is 0 Å². The largest absolute Gasteiger partial charge is 0.369 e. The summed E-state index contributed by atoms with van der Waals surface area (Å²) in [7, 11) is 0. The Morgan fingerprint density at radius 3 is 2.48 bits per heavy atom. The van der Waals surface area contributed by atoms with Crippen LogP contribution < -0.4 is 11.1 Å². The molecule has 0 fully saturated rings. The van der Waals surface area contributed by atoms with E-state index in [9.17, 15) is 9.59 Å². The Labute approximate surface area is 161 Å². The summed E-state index contributed by atoms with van der Waals surface area (Å²) in [6.45, 7) is 2.02. The number of amides is 2. The van der Waals surface area contributed by atoms with Gasteiger partial charge in [0.2, 0.25) is 11.8 Å². The zero-order chi connectivity index (χ0) is 19.2. The van der Waals surface area contributed by atoms with Crippen molar-refractivity contribution in [3.8, 4) is 5.69 Å². The maximum absolute atomic E-state index is 12.2. The third kappa shape index (κ3) is 5.18. The van der Waals surface area contributed by atoms with Gasteiger partial charge in [-0.1, -0.05) is 41.6 Å². The number of carbonyl (C=O) groups excluding carboxylic acids is 2. The number of nitrogens with two attached hydrogens (primary N) is 1. The normalized spacial score (nSPS) is 10.6. The van der Waals surface area contributed by atoms with Crippen molar-refractivity contribution in [3.05, 3.63) is 66.0 Å². The van der Waals surface area contributed by atoms with E-state index in [1.807, 2.05) is 35.8 Å². The van der Waals surface area contributed by atoms with Crippen LogP contribution in [0.25, 0.3) is 5.69 Å². The minimum Gasteiger partial charge on any atom is -0.369 e. The number of nitrogens with one attached hydrogen (secondary N) is 1. The van der Waals surface area contributed by atoms with Gasteiger partial charge in [-0.15, -0.1) is 10.2 Å². The van der Waals surface area contributed by atoms with Crippen molar-refractivity contribution in [2.45, 2.75) is 18.5 Å². The summed E-state index contributed by atoms with van der Waals surface area (Å²) in [6, 6.07) is 15.0. The van der Waals surface area contributed by atoms with Gasteiger partial charge < -0.3 is 11.1 Å². The lowest BCUT2D eigenvalue weighted by Crippen LogP contribution is -2.15. The highest BCUT2D eigenvalue weighted by Crippen LogP contribution is 2.20. The van der Waals surface area contributed by atoms with Crippen LogP contribution in [0.15, 0.2) is 60.0 Å². The van der Waals surface area contributed by atoms with Crippen molar-refractivity contribution in [2.24, 2.45) is 5.73 Å². The minimum absolute atomic E-state index is 0.152. The number of aromatic nitrogens is 3. The monoisotopic (exact) mass is 381 g/mol. The van der Waals surface area contributed by atoms with E-state index in [-0.39, 0.29) is 24.0 Å². The molecule has 0 bridgehead atoms. The SMILES string of the molecule is Cc1ccc(-n2cnnc2SCC(=O)Nc2ccc(CC(N)=O)cc2)cc1. The van der Waals surface area contributed by atoms with Crippen LogP contribution in [0, 0.1) is 6.92 Å². The van der Waals surface area contributed by atoms with Gasteiger partial charge >= 0.3 is 0 Å². The van der Waals surface area contributed by atoms with Crippen LogP contribution in [0.2, 0.25) is 0 Å². The quantitative estimate of drug-likeness (QED) is 0.612. The molecule has 3 aromatic rings. The van der Waals surface area contributed by atoms with Crippen molar-refractivity contribution in [1.29, 1.82) is 0 Å². The van der Waals surface area contributed by atoms with Crippen molar-refractivity contribution in [3.63, 3.8) is 0 Å². The molecule has 138 valence electrons. The molecule has 0 aliphatic carbocycles. The molecule has 1 aromatic heterocycles. The summed E-state index contributed by atoms with van der Waals surface area (Å²) in [5, 5.41) is 11.5. The smallest absolute Gasteiger partial charge is 0.234 e. The summed E-state index contributed by atoms with van der Waals surface area (Å²) in [4.78, 5) is 23.1. The van der Waals surface area contributed by atoms with Crippen LogP contribution in [-0.4, -0.2) is 32.3 Å². The van der Waals surface area contributed by atoms with E-state index in [0.29, 0.717) is 10.8 Å². The van der Waals surface area contributed by atoms with Crippen LogP contribution in [0.1, 0.15) is 11.1 Å². The molecule has 3 N–H and O–H groups in total. The van der Waals surface area contributed by atoms with Crippen molar-refractivity contribution in [2.75, 3.05) is 11.1 Å². The predicted octanol–water partition coefficient (Wildman–Crippen LogP) is 2.33. The molecular weight excluding hydrogens is 362 g/mol. The fraction of sp³-hybridized carbons (Fsp3) is 0.158. The van der Waals surface area contributed by atoms with Crippen molar-refractivity contribution >= 4 is 29.3 Å². The molecule has 7 nitrogen and oxygen atoms in total. The number of thioether (sulfide) groups is 1. The number of hydrogen-bond acceptors (Lipinski definition) is 5. The number of nitrogens with zero attached hydrogens (tertiary/aromatic N) is 3. The zero-order valence-corrected chi connectivity index (χ0v) is 15.6. The van der Waals surface area contributed by atoms with E-state index >= 15 is 0 Å². The van der Waals surface area contributed by atoms with Gasteiger partial charge in [0.05, 0.1) is 12.2 Å².